The summed E-state index contributed by atoms with van der Waals surface area (Å²) < 4.78 is 7.17. The highest BCUT2D eigenvalue weighted by atomic mass is 79.9. The minimum absolute atomic E-state index is 0.162. The van der Waals surface area contributed by atoms with Crippen LogP contribution in [-0.4, -0.2) is 24.6 Å². The molecule has 30 heavy (non-hydrogen) atoms. The van der Waals surface area contributed by atoms with Crippen LogP contribution in [0.15, 0.2) is 54.6 Å². The van der Waals surface area contributed by atoms with E-state index in [1.54, 1.807) is 25.4 Å². The zero-order valence-corrected chi connectivity index (χ0v) is 21.5. The zero-order valence-electron chi connectivity index (χ0n) is 18.3. The highest BCUT2D eigenvalue weighted by Gasteiger charge is 2.09. The number of aliphatic imine (C=N–C) groups is 1. The third kappa shape index (κ3) is 7.36. The van der Waals surface area contributed by atoms with E-state index in [0.717, 1.165) is 17.7 Å². The van der Waals surface area contributed by atoms with E-state index in [1.165, 1.54) is 16.7 Å². The van der Waals surface area contributed by atoms with Gasteiger partial charge in [-0.15, -0.1) is 5.11 Å². The fraction of sp³-hybridized carbons (Fsp3) is 0.348. The molecule has 162 valence electrons. The van der Waals surface area contributed by atoms with Gasteiger partial charge in [0, 0.05) is 13.2 Å². The number of hydrogen-bond acceptors (Lipinski definition) is 4. The highest BCUT2D eigenvalue weighted by Crippen LogP contribution is 2.33. The molecule has 0 spiro atoms. The van der Waals surface area contributed by atoms with Crippen molar-refractivity contribution in [3.05, 3.63) is 61.7 Å². The number of benzene rings is 2. The Morgan fingerprint density at radius 3 is 2.33 bits per heavy atom. The van der Waals surface area contributed by atoms with Crippen molar-refractivity contribution < 1.29 is 9.84 Å². The SMILES string of the molecule is CC.CCc1c(OCC(N=NC)=N/C=C/c2cc(Br)c(O)c(Br)c2)ccc(C)c1C. The summed E-state index contributed by atoms with van der Waals surface area (Å²) in [6, 6.07) is 7.64. The Morgan fingerprint density at radius 2 is 1.77 bits per heavy atom. The minimum atomic E-state index is 0.162. The normalized spacial score (nSPS) is 11.7. The van der Waals surface area contributed by atoms with Crippen molar-refractivity contribution in [2.45, 2.75) is 41.0 Å². The van der Waals surface area contributed by atoms with E-state index in [4.69, 9.17) is 4.74 Å². The molecule has 0 fully saturated rings. The van der Waals surface area contributed by atoms with E-state index in [-0.39, 0.29) is 12.4 Å². The van der Waals surface area contributed by atoms with Gasteiger partial charge in [0.1, 0.15) is 18.1 Å². The summed E-state index contributed by atoms with van der Waals surface area (Å²) in [5.74, 6) is 1.48. The van der Waals surface area contributed by atoms with Gasteiger partial charge in [-0.2, -0.15) is 5.11 Å². The Morgan fingerprint density at radius 1 is 1.13 bits per heavy atom. The molecule has 0 saturated carbocycles. The Labute approximate surface area is 196 Å². The molecule has 0 saturated heterocycles. The standard InChI is InChI=1S/C21H23Br2N3O2.C2H6/c1-5-16-14(3)13(2)6-7-19(16)28-12-20(26-24-4)25-9-8-15-10-17(22)21(27)18(23)11-15;1-2/h6-11,27H,5,12H2,1-4H3;1-2H3/b9-8+,25-20?,26-24?;. The molecule has 0 aromatic heterocycles. The number of azo groups is 1. The second kappa shape index (κ2) is 13.3. The average molecular weight is 539 g/mol. The number of amidine groups is 1. The molecule has 2 aromatic carbocycles. The summed E-state index contributed by atoms with van der Waals surface area (Å²) in [6.45, 7) is 10.5. The third-order valence-electron chi connectivity index (χ3n) is 4.28. The molecule has 0 amide bonds. The Bertz CT molecular complexity index is 915. The van der Waals surface area contributed by atoms with E-state index in [0.29, 0.717) is 14.8 Å². The Balaban J connectivity index is 0.00000218. The van der Waals surface area contributed by atoms with Crippen LogP contribution in [0.5, 0.6) is 11.5 Å². The Hall–Kier alpha value is -1.99. The molecule has 0 aliphatic rings. The van der Waals surface area contributed by atoms with Gasteiger partial charge in [0.25, 0.3) is 0 Å². The van der Waals surface area contributed by atoms with Gasteiger partial charge < -0.3 is 9.84 Å². The van der Waals surface area contributed by atoms with Crippen LogP contribution in [0.4, 0.5) is 0 Å². The first-order valence-electron chi connectivity index (χ1n) is 9.80. The van der Waals surface area contributed by atoms with Gasteiger partial charge in [-0.1, -0.05) is 26.8 Å². The van der Waals surface area contributed by atoms with Gasteiger partial charge in [-0.25, -0.2) is 4.99 Å². The molecule has 0 aliphatic heterocycles. The number of ether oxygens (including phenoxy) is 1. The second-order valence-corrected chi connectivity index (χ2v) is 7.83. The molecule has 0 aliphatic carbocycles. The Kier molecular flexibility index (Phi) is 11.6. The van der Waals surface area contributed by atoms with E-state index < -0.39 is 0 Å². The van der Waals surface area contributed by atoms with Gasteiger partial charge in [0.05, 0.1) is 8.95 Å². The minimum Gasteiger partial charge on any atom is -0.506 e. The summed E-state index contributed by atoms with van der Waals surface area (Å²) in [5.41, 5.74) is 4.57. The summed E-state index contributed by atoms with van der Waals surface area (Å²) >= 11 is 6.63. The lowest BCUT2D eigenvalue weighted by molar-refractivity contribution is 0.370. The molecule has 0 unspecified atom stereocenters. The van der Waals surface area contributed by atoms with E-state index in [2.05, 4.69) is 73.9 Å². The molecule has 5 nitrogen and oxygen atoms in total. The quantitative estimate of drug-likeness (QED) is 0.233. The molecule has 2 aromatic rings. The van der Waals surface area contributed by atoms with Gasteiger partial charge in [-0.3, -0.25) is 0 Å². The molecule has 0 heterocycles. The smallest absolute Gasteiger partial charge is 0.188 e. The third-order valence-corrected chi connectivity index (χ3v) is 5.49. The van der Waals surface area contributed by atoms with E-state index in [1.807, 2.05) is 26.0 Å². The van der Waals surface area contributed by atoms with Gasteiger partial charge in [-0.05, 0) is 98.7 Å². The van der Waals surface area contributed by atoms with Crippen LogP contribution in [0.2, 0.25) is 0 Å². The van der Waals surface area contributed by atoms with Crippen LogP contribution >= 0.6 is 31.9 Å². The molecule has 7 heteroatoms. The van der Waals surface area contributed by atoms with Crippen LogP contribution < -0.4 is 4.74 Å². The first-order chi connectivity index (χ1) is 14.4. The predicted molar refractivity (Wildman–Crippen MR) is 133 cm³/mol. The summed E-state index contributed by atoms with van der Waals surface area (Å²) in [5, 5.41) is 17.7. The molecule has 2 rings (SSSR count). The maximum Gasteiger partial charge on any atom is 0.188 e. The van der Waals surface area contributed by atoms with E-state index in [9.17, 15) is 5.11 Å². The maximum atomic E-state index is 9.78. The summed E-state index contributed by atoms with van der Waals surface area (Å²) in [4.78, 5) is 4.36. The van der Waals surface area contributed by atoms with Crippen molar-refractivity contribution in [3.63, 3.8) is 0 Å². The van der Waals surface area contributed by atoms with Crippen LogP contribution in [-0.2, 0) is 6.42 Å². The van der Waals surface area contributed by atoms with Crippen molar-refractivity contribution in [1.82, 2.24) is 0 Å². The van der Waals surface area contributed by atoms with Crippen molar-refractivity contribution in [2.24, 2.45) is 15.2 Å². The van der Waals surface area contributed by atoms with Crippen molar-refractivity contribution in [2.75, 3.05) is 13.7 Å². The summed E-state index contributed by atoms with van der Waals surface area (Å²) in [6.07, 6.45) is 4.35. The molecule has 0 radical (unpaired) electrons. The average Bonchev–Trinajstić information content (AvgIpc) is 2.74. The fourth-order valence-electron chi connectivity index (χ4n) is 2.66. The molecule has 0 bridgehead atoms. The number of phenols is 1. The first-order valence-corrected chi connectivity index (χ1v) is 11.4. The van der Waals surface area contributed by atoms with Crippen molar-refractivity contribution >= 4 is 43.8 Å². The van der Waals surface area contributed by atoms with Crippen LogP contribution in [0, 0.1) is 13.8 Å². The van der Waals surface area contributed by atoms with Crippen molar-refractivity contribution in [3.8, 4) is 11.5 Å². The van der Waals surface area contributed by atoms with E-state index >= 15 is 0 Å². The molecule has 0 atom stereocenters. The zero-order chi connectivity index (χ0) is 22.7. The topological polar surface area (TPSA) is 66.5 Å². The van der Waals surface area contributed by atoms with Gasteiger partial charge in [0.2, 0.25) is 0 Å². The lowest BCUT2D eigenvalue weighted by Crippen LogP contribution is -2.10. The van der Waals surface area contributed by atoms with Crippen LogP contribution in [0.3, 0.4) is 0 Å². The number of aromatic hydroxyl groups is 1. The molecular weight excluding hydrogens is 510 g/mol. The van der Waals surface area contributed by atoms with Gasteiger partial charge >= 0.3 is 0 Å². The summed E-state index contributed by atoms with van der Waals surface area (Å²) in [7, 11) is 1.60. The number of aryl methyl sites for hydroxylation is 1. The van der Waals surface area contributed by atoms with Crippen molar-refractivity contribution in [1.29, 1.82) is 0 Å². The lowest BCUT2D eigenvalue weighted by Gasteiger charge is -2.14. The first kappa shape index (κ1) is 26.0. The molecular formula is C23H29Br2N3O2. The number of rotatable bonds is 6. The molecule has 1 N–H and O–H groups in total. The van der Waals surface area contributed by atoms with Crippen LogP contribution in [0.25, 0.3) is 6.08 Å². The highest BCUT2D eigenvalue weighted by molar-refractivity contribution is 9.11. The largest absolute Gasteiger partial charge is 0.506 e. The number of hydrogen-bond donors (Lipinski definition) is 1. The fourth-order valence-corrected chi connectivity index (χ4v) is 3.89. The number of phenolic OH excluding ortho intramolecular Hbond substituents is 1. The maximum absolute atomic E-state index is 9.78. The number of halogens is 2. The van der Waals surface area contributed by atoms with Crippen LogP contribution in [0.1, 0.15) is 43.0 Å². The predicted octanol–water partition coefficient (Wildman–Crippen LogP) is 7.65. The van der Waals surface area contributed by atoms with Gasteiger partial charge in [0.15, 0.2) is 5.84 Å². The number of nitrogens with zero attached hydrogens (tertiary/aromatic N) is 3. The lowest BCUT2D eigenvalue weighted by atomic mass is 10.0. The monoisotopic (exact) mass is 537 g/mol. The second-order valence-electron chi connectivity index (χ2n) is 6.12.